The minimum Gasteiger partial charge on any atom is -0.492 e. The molecule has 1 aliphatic rings. The fourth-order valence-electron chi connectivity index (χ4n) is 2.44. The van der Waals surface area contributed by atoms with E-state index in [2.05, 4.69) is 18.3 Å². The summed E-state index contributed by atoms with van der Waals surface area (Å²) >= 11 is 0. The first-order valence-corrected chi connectivity index (χ1v) is 8.02. The third kappa shape index (κ3) is 3.00. The van der Waals surface area contributed by atoms with Crippen LogP contribution < -0.4 is 10.1 Å². The van der Waals surface area contributed by atoms with Crippen molar-refractivity contribution in [2.45, 2.75) is 43.7 Å². The molecule has 0 aromatic heterocycles. The van der Waals surface area contributed by atoms with Gasteiger partial charge in [-0.1, -0.05) is 25.1 Å². The van der Waals surface area contributed by atoms with Gasteiger partial charge in [0.15, 0.2) is 0 Å². The van der Waals surface area contributed by atoms with Gasteiger partial charge in [0.05, 0.1) is 11.3 Å². The Morgan fingerprint density at radius 1 is 1.37 bits per heavy atom. The topological polar surface area (TPSA) is 38.3 Å². The maximum absolute atomic E-state index is 12.7. The van der Waals surface area contributed by atoms with E-state index in [1.807, 2.05) is 39.0 Å². The average molecular weight is 281 g/mol. The van der Waals surface area contributed by atoms with Crippen LogP contribution in [0.3, 0.4) is 0 Å². The fraction of sp³-hybridized carbons (Fsp3) is 0.600. The molecular formula is C15H23NO2S. The van der Waals surface area contributed by atoms with E-state index in [0.29, 0.717) is 6.61 Å². The van der Waals surface area contributed by atoms with Crippen molar-refractivity contribution < 1.29 is 8.95 Å². The third-order valence-electron chi connectivity index (χ3n) is 3.33. The lowest BCUT2D eigenvalue weighted by Crippen LogP contribution is -2.46. The van der Waals surface area contributed by atoms with Gasteiger partial charge in [-0.2, -0.15) is 0 Å². The third-order valence-corrected chi connectivity index (χ3v) is 5.50. The number of ether oxygens (including phenoxy) is 1. The van der Waals surface area contributed by atoms with Gasteiger partial charge in [0.2, 0.25) is 0 Å². The molecule has 0 saturated heterocycles. The molecule has 19 heavy (non-hydrogen) atoms. The van der Waals surface area contributed by atoms with Crippen LogP contribution in [0.1, 0.15) is 39.3 Å². The molecule has 0 spiro atoms. The van der Waals surface area contributed by atoms with E-state index in [1.54, 1.807) is 0 Å². The first-order valence-electron chi connectivity index (χ1n) is 6.81. The zero-order valence-corrected chi connectivity index (χ0v) is 12.9. The molecule has 106 valence electrons. The molecule has 0 saturated carbocycles. The van der Waals surface area contributed by atoms with Crippen LogP contribution in [0.25, 0.3) is 0 Å². The number of benzene rings is 1. The Morgan fingerprint density at radius 3 is 2.68 bits per heavy atom. The molecule has 1 aliphatic heterocycles. The number of para-hydroxylation sites is 1. The standard InChI is InChI=1S/C15H23NO2S/c1-5-16-14-11-8-6-7-9-12(11)18-10-13(14)19(17)15(2,3)4/h6-9,13-14,16H,5,10H2,1-4H3. The largest absolute Gasteiger partial charge is 0.492 e. The summed E-state index contributed by atoms with van der Waals surface area (Å²) in [6, 6.07) is 8.14. The zero-order valence-electron chi connectivity index (χ0n) is 12.1. The minimum absolute atomic E-state index is 0.00477. The van der Waals surface area contributed by atoms with E-state index in [0.717, 1.165) is 17.9 Å². The number of rotatable bonds is 3. The van der Waals surface area contributed by atoms with Crippen LogP contribution in [0.4, 0.5) is 0 Å². The molecule has 3 nitrogen and oxygen atoms in total. The Hall–Kier alpha value is -0.870. The summed E-state index contributed by atoms with van der Waals surface area (Å²) < 4.78 is 18.3. The van der Waals surface area contributed by atoms with Crippen LogP contribution >= 0.6 is 0 Å². The summed E-state index contributed by atoms with van der Waals surface area (Å²) in [5, 5.41) is 3.47. The predicted octanol–water partition coefficient (Wildman–Crippen LogP) is 2.65. The highest BCUT2D eigenvalue weighted by molar-refractivity contribution is 7.87. The maximum atomic E-state index is 12.7. The minimum atomic E-state index is -0.950. The first kappa shape index (κ1) is 14.5. The van der Waals surface area contributed by atoms with Gasteiger partial charge in [0.1, 0.15) is 12.4 Å². The summed E-state index contributed by atoms with van der Waals surface area (Å²) in [4.78, 5) is 0. The fourth-order valence-corrected chi connectivity index (χ4v) is 4.03. The quantitative estimate of drug-likeness (QED) is 0.925. The molecule has 3 atom stereocenters. The second kappa shape index (κ2) is 5.63. The first-order chi connectivity index (χ1) is 8.95. The molecule has 0 fully saturated rings. The van der Waals surface area contributed by atoms with Crippen LogP contribution in [0, 0.1) is 0 Å². The lowest BCUT2D eigenvalue weighted by atomic mass is 10.0. The molecular weight excluding hydrogens is 258 g/mol. The van der Waals surface area contributed by atoms with Crippen molar-refractivity contribution in [1.29, 1.82) is 0 Å². The van der Waals surface area contributed by atoms with E-state index in [4.69, 9.17) is 4.74 Å². The van der Waals surface area contributed by atoms with Crippen molar-refractivity contribution in [2.75, 3.05) is 13.2 Å². The Morgan fingerprint density at radius 2 is 2.05 bits per heavy atom. The summed E-state index contributed by atoms with van der Waals surface area (Å²) in [5.41, 5.74) is 1.12. The molecule has 0 aliphatic carbocycles. The molecule has 4 heteroatoms. The van der Waals surface area contributed by atoms with E-state index < -0.39 is 10.8 Å². The van der Waals surface area contributed by atoms with Crippen molar-refractivity contribution in [3.05, 3.63) is 29.8 Å². The Labute approximate surface area is 118 Å². The summed E-state index contributed by atoms with van der Waals surface area (Å²) in [6.45, 7) is 9.51. The summed E-state index contributed by atoms with van der Waals surface area (Å²) in [7, 11) is -0.950. The van der Waals surface area contributed by atoms with Gasteiger partial charge in [-0.25, -0.2) is 0 Å². The van der Waals surface area contributed by atoms with Crippen molar-refractivity contribution >= 4 is 10.8 Å². The van der Waals surface area contributed by atoms with Crippen LogP contribution in [0.2, 0.25) is 0 Å². The average Bonchev–Trinajstić information content (AvgIpc) is 2.37. The van der Waals surface area contributed by atoms with Gasteiger partial charge in [-0.15, -0.1) is 0 Å². The number of hydrogen-bond donors (Lipinski definition) is 1. The monoisotopic (exact) mass is 281 g/mol. The van der Waals surface area contributed by atoms with E-state index in [-0.39, 0.29) is 16.0 Å². The Bertz CT molecular complexity index is 467. The summed E-state index contributed by atoms with van der Waals surface area (Å²) in [6.07, 6.45) is 0. The van der Waals surface area contributed by atoms with E-state index in [1.165, 1.54) is 0 Å². The van der Waals surface area contributed by atoms with Gasteiger partial charge in [-0.05, 0) is 33.4 Å². The van der Waals surface area contributed by atoms with Gasteiger partial charge in [0.25, 0.3) is 0 Å². The van der Waals surface area contributed by atoms with Crippen molar-refractivity contribution in [1.82, 2.24) is 5.32 Å². The van der Waals surface area contributed by atoms with Crippen molar-refractivity contribution in [3.63, 3.8) is 0 Å². The SMILES string of the molecule is CCNC1c2ccccc2OCC1S(=O)C(C)(C)C. The van der Waals surface area contributed by atoms with Gasteiger partial charge < -0.3 is 10.1 Å². The lowest BCUT2D eigenvalue weighted by Gasteiger charge is -2.36. The number of hydrogen-bond acceptors (Lipinski definition) is 3. The highest BCUT2D eigenvalue weighted by atomic mass is 32.2. The highest BCUT2D eigenvalue weighted by Crippen LogP contribution is 2.36. The smallest absolute Gasteiger partial charge is 0.124 e. The maximum Gasteiger partial charge on any atom is 0.124 e. The summed E-state index contributed by atoms with van der Waals surface area (Å²) in [5.74, 6) is 0.913. The van der Waals surface area contributed by atoms with Crippen molar-refractivity contribution in [2.24, 2.45) is 0 Å². The molecule has 0 bridgehead atoms. The Balaban J connectivity index is 2.34. The second-order valence-electron chi connectivity index (χ2n) is 5.83. The molecule has 3 unspecified atom stereocenters. The van der Waals surface area contributed by atoms with E-state index in [9.17, 15) is 4.21 Å². The van der Waals surface area contributed by atoms with Gasteiger partial charge in [0, 0.05) is 21.1 Å². The van der Waals surface area contributed by atoms with Crippen LogP contribution in [-0.4, -0.2) is 27.4 Å². The molecule has 0 amide bonds. The predicted molar refractivity (Wildman–Crippen MR) is 80.0 cm³/mol. The van der Waals surface area contributed by atoms with Crippen LogP contribution in [0.15, 0.2) is 24.3 Å². The molecule has 1 aromatic carbocycles. The molecule has 1 N–H and O–H groups in total. The molecule has 1 heterocycles. The molecule has 0 radical (unpaired) electrons. The molecule has 2 rings (SSSR count). The second-order valence-corrected chi connectivity index (χ2v) is 8.26. The van der Waals surface area contributed by atoms with Crippen LogP contribution in [-0.2, 0) is 10.8 Å². The van der Waals surface area contributed by atoms with E-state index >= 15 is 0 Å². The number of fused-ring (bicyclic) bond motifs is 1. The van der Waals surface area contributed by atoms with Crippen molar-refractivity contribution in [3.8, 4) is 5.75 Å². The normalized spacial score (nSPS) is 24.4. The van der Waals surface area contributed by atoms with Gasteiger partial charge >= 0.3 is 0 Å². The molecule has 1 aromatic rings. The highest BCUT2D eigenvalue weighted by Gasteiger charge is 2.38. The Kier molecular flexibility index (Phi) is 4.31. The number of nitrogens with one attached hydrogen (secondary N) is 1. The van der Waals surface area contributed by atoms with Gasteiger partial charge in [-0.3, -0.25) is 4.21 Å². The lowest BCUT2D eigenvalue weighted by molar-refractivity contribution is 0.258. The zero-order chi connectivity index (χ0) is 14.0. The van der Waals surface area contributed by atoms with Crippen LogP contribution in [0.5, 0.6) is 5.75 Å².